The van der Waals surface area contributed by atoms with E-state index in [0.717, 1.165) is 122 Å². The van der Waals surface area contributed by atoms with E-state index in [1.165, 1.54) is 83.5 Å². The van der Waals surface area contributed by atoms with Gasteiger partial charge in [-0.3, -0.25) is 23.4 Å². The number of rotatable bonds is 60. The molecule has 0 saturated carbocycles. The monoisotopic (exact) mass is 1190 g/mol. The molecule has 0 rings (SSSR count). The lowest BCUT2D eigenvalue weighted by Gasteiger charge is -2.21. The maximum atomic E-state index is 13.0. The number of aliphatic hydroxyl groups excluding tert-OH is 1. The first-order valence-corrected chi connectivity index (χ1v) is 34.6. The van der Waals surface area contributed by atoms with Gasteiger partial charge in [0.25, 0.3) is 0 Å². The summed E-state index contributed by atoms with van der Waals surface area (Å²) in [6, 6.07) is 0. The van der Waals surface area contributed by atoms with Crippen LogP contribution in [0.25, 0.3) is 0 Å². The fraction of sp³-hybridized carbons (Fsp3) is 0.653. The van der Waals surface area contributed by atoms with Gasteiger partial charge >= 0.3 is 25.7 Å². The highest BCUT2D eigenvalue weighted by atomic mass is 31.2. The van der Waals surface area contributed by atoms with Crippen LogP contribution in [0.15, 0.2) is 134 Å². The van der Waals surface area contributed by atoms with Gasteiger partial charge in [0, 0.05) is 19.3 Å². The summed E-state index contributed by atoms with van der Waals surface area (Å²) in [7, 11) is -4.79. The molecule has 0 heterocycles. The molecule has 84 heavy (non-hydrogen) atoms. The number of carbonyl (C=O) groups is 3. The van der Waals surface area contributed by atoms with Crippen LogP contribution in [-0.4, -0.2) is 66.5 Å². The minimum atomic E-state index is -4.79. The minimum Gasteiger partial charge on any atom is -0.462 e. The summed E-state index contributed by atoms with van der Waals surface area (Å²) in [4.78, 5) is 48.8. The zero-order valence-corrected chi connectivity index (χ0v) is 54.0. The number of esters is 3. The number of allylic oxidation sites excluding steroid dienone is 22. The van der Waals surface area contributed by atoms with Crippen molar-refractivity contribution >= 4 is 25.7 Å². The second-order valence-electron chi connectivity index (χ2n) is 21.5. The molecule has 0 aliphatic heterocycles. The molecule has 3 unspecified atom stereocenters. The SMILES string of the molecule is CC/C=C\C/C=C\C/C=C\C/C=C\C/C=C\C/C=C\CCC(=O)OCC(COP(=O)(O)OCC(CO)OC(=O)CCCCCCCCCCC/C=C\CCCCCCCC)OC(=O)CCCCCCCC/C=C\C/C=C\C/C=C\C/C=C\CC. The number of unbranched alkanes of at least 4 members (excludes halogenated alkanes) is 21. The second kappa shape index (κ2) is 64.6. The van der Waals surface area contributed by atoms with E-state index < -0.39 is 57.8 Å². The lowest BCUT2D eigenvalue weighted by atomic mass is 10.1. The molecule has 0 fully saturated rings. The lowest BCUT2D eigenvalue weighted by Crippen LogP contribution is -2.30. The molecular weight excluding hydrogens is 1070 g/mol. The molecular formula is C72H119O11P. The van der Waals surface area contributed by atoms with Crippen molar-refractivity contribution in [2.24, 2.45) is 0 Å². The number of aliphatic hydroxyl groups is 1. The third-order valence-electron chi connectivity index (χ3n) is 13.6. The molecule has 0 aromatic rings. The molecule has 0 bridgehead atoms. The van der Waals surface area contributed by atoms with Crippen LogP contribution in [0.2, 0.25) is 0 Å². The number of hydrogen-bond acceptors (Lipinski definition) is 10. The summed E-state index contributed by atoms with van der Waals surface area (Å²) in [6.07, 6.45) is 82.7. The van der Waals surface area contributed by atoms with Gasteiger partial charge in [0.2, 0.25) is 0 Å². The zero-order chi connectivity index (χ0) is 61.2. The smallest absolute Gasteiger partial charge is 0.462 e. The largest absolute Gasteiger partial charge is 0.472 e. The summed E-state index contributed by atoms with van der Waals surface area (Å²) < 4.78 is 39.6. The van der Waals surface area contributed by atoms with Crippen LogP contribution >= 0.6 is 7.82 Å². The van der Waals surface area contributed by atoms with E-state index >= 15 is 0 Å². The van der Waals surface area contributed by atoms with Crippen molar-refractivity contribution in [1.29, 1.82) is 0 Å². The Hall–Kier alpha value is -4.38. The van der Waals surface area contributed by atoms with Gasteiger partial charge in [-0.05, 0) is 122 Å². The number of ether oxygens (including phenoxy) is 3. The zero-order valence-electron chi connectivity index (χ0n) is 53.1. The summed E-state index contributed by atoms with van der Waals surface area (Å²) in [6.45, 7) is 4.33. The predicted molar refractivity (Wildman–Crippen MR) is 353 cm³/mol. The van der Waals surface area contributed by atoms with Gasteiger partial charge < -0.3 is 24.2 Å². The van der Waals surface area contributed by atoms with Gasteiger partial charge in [0.15, 0.2) is 6.10 Å². The number of carbonyl (C=O) groups excluding carboxylic acids is 3. The van der Waals surface area contributed by atoms with Crippen molar-refractivity contribution < 1.29 is 52.2 Å². The number of phosphoric acid groups is 1. The number of hydrogen-bond donors (Lipinski definition) is 2. The Morgan fingerprint density at radius 3 is 1.01 bits per heavy atom. The molecule has 0 aliphatic rings. The number of phosphoric ester groups is 1. The fourth-order valence-electron chi connectivity index (χ4n) is 8.60. The fourth-order valence-corrected chi connectivity index (χ4v) is 9.39. The Kier molecular flexibility index (Phi) is 61.2. The van der Waals surface area contributed by atoms with Crippen molar-refractivity contribution in [3.8, 4) is 0 Å². The molecule has 0 radical (unpaired) electrons. The van der Waals surface area contributed by atoms with Crippen LogP contribution < -0.4 is 0 Å². The first kappa shape index (κ1) is 79.6. The summed E-state index contributed by atoms with van der Waals surface area (Å²) in [5.74, 6) is -1.59. The van der Waals surface area contributed by atoms with Crippen LogP contribution in [0.4, 0.5) is 0 Å². The Bertz CT molecular complexity index is 1920. The van der Waals surface area contributed by atoms with Crippen LogP contribution in [-0.2, 0) is 42.2 Å². The van der Waals surface area contributed by atoms with Gasteiger partial charge in [0.05, 0.1) is 19.8 Å². The standard InChI is InChI=1S/C72H119O11P/c1-4-7-10-13-16-19-22-25-28-31-34-37-40-43-46-49-52-55-58-61-70(74)79-65-69(83-72(76)63-60-57-54-51-48-45-42-39-36-33-30-27-24-21-18-15-12-9-6-3)67-81-84(77,78)80-66-68(64-73)82-71(75)62-59-56-53-50-47-44-41-38-35-32-29-26-23-20-17-14-11-8-5-2/h7,9-10,12,16,18-19,21,25-30,34,36-37,39,43,46,52,55,68-69,73H,4-6,8,11,13-15,17,20,22-24,31-33,35,38,40-42,44-45,47-51,53-54,56-67H2,1-3H3,(H,77,78)/b10-7-,12-9-,19-16-,21-18-,28-25-,29-26-,30-27-,37-34-,39-36-,46-43-,55-52-. The van der Waals surface area contributed by atoms with Gasteiger partial charge in [-0.1, -0.05) is 257 Å². The Morgan fingerprint density at radius 2 is 0.643 bits per heavy atom. The van der Waals surface area contributed by atoms with Crippen LogP contribution in [0.5, 0.6) is 0 Å². The highest BCUT2D eigenvalue weighted by Crippen LogP contribution is 2.43. The van der Waals surface area contributed by atoms with Crippen LogP contribution in [0.3, 0.4) is 0 Å². The maximum Gasteiger partial charge on any atom is 0.472 e. The molecule has 12 heteroatoms. The van der Waals surface area contributed by atoms with Gasteiger partial charge in [0.1, 0.15) is 12.7 Å². The molecule has 0 aliphatic carbocycles. The molecule has 0 aromatic carbocycles. The summed E-state index contributed by atoms with van der Waals surface area (Å²) in [5, 5.41) is 9.87. The van der Waals surface area contributed by atoms with E-state index in [1.54, 1.807) is 0 Å². The lowest BCUT2D eigenvalue weighted by molar-refractivity contribution is -0.161. The van der Waals surface area contributed by atoms with E-state index in [9.17, 15) is 28.9 Å². The van der Waals surface area contributed by atoms with Crippen molar-refractivity contribution in [3.05, 3.63) is 134 Å². The Morgan fingerprint density at radius 1 is 0.345 bits per heavy atom. The summed E-state index contributed by atoms with van der Waals surface area (Å²) >= 11 is 0. The van der Waals surface area contributed by atoms with Gasteiger partial charge in [-0.15, -0.1) is 0 Å². The van der Waals surface area contributed by atoms with E-state index in [1.807, 2.05) is 12.2 Å². The second-order valence-corrected chi connectivity index (χ2v) is 23.0. The third-order valence-corrected chi connectivity index (χ3v) is 14.5. The topological polar surface area (TPSA) is 155 Å². The molecule has 3 atom stereocenters. The molecule has 0 spiro atoms. The predicted octanol–water partition coefficient (Wildman–Crippen LogP) is 20.5. The quantitative estimate of drug-likeness (QED) is 0.0197. The average molecular weight is 1190 g/mol. The maximum absolute atomic E-state index is 13.0. The highest BCUT2D eigenvalue weighted by molar-refractivity contribution is 7.47. The van der Waals surface area contributed by atoms with Gasteiger partial charge in [-0.25, -0.2) is 4.57 Å². The first-order chi connectivity index (χ1) is 41.2. The minimum absolute atomic E-state index is 0.0913. The Balaban J connectivity index is 4.81. The van der Waals surface area contributed by atoms with Crippen molar-refractivity contribution in [1.82, 2.24) is 0 Å². The normalized spacial score (nSPS) is 14.1. The van der Waals surface area contributed by atoms with Gasteiger partial charge in [-0.2, -0.15) is 0 Å². The Labute approximate surface area is 512 Å². The molecule has 11 nitrogen and oxygen atoms in total. The highest BCUT2D eigenvalue weighted by Gasteiger charge is 2.28. The van der Waals surface area contributed by atoms with Crippen LogP contribution in [0, 0.1) is 0 Å². The van der Waals surface area contributed by atoms with E-state index in [2.05, 4.69) is 142 Å². The molecule has 0 aromatic heterocycles. The summed E-state index contributed by atoms with van der Waals surface area (Å²) in [5.41, 5.74) is 0. The molecule has 0 amide bonds. The average Bonchev–Trinajstić information content (AvgIpc) is 3.55. The molecule has 2 N–H and O–H groups in total. The first-order valence-electron chi connectivity index (χ1n) is 33.1. The molecule has 0 saturated heterocycles. The van der Waals surface area contributed by atoms with Crippen molar-refractivity contribution in [2.75, 3.05) is 26.4 Å². The third kappa shape index (κ3) is 62.2. The van der Waals surface area contributed by atoms with Crippen LogP contribution in [0.1, 0.15) is 265 Å². The molecule has 478 valence electrons. The van der Waals surface area contributed by atoms with E-state index in [-0.39, 0.29) is 25.9 Å². The van der Waals surface area contributed by atoms with Crippen molar-refractivity contribution in [3.63, 3.8) is 0 Å². The van der Waals surface area contributed by atoms with Crippen molar-refractivity contribution in [2.45, 2.75) is 277 Å². The van der Waals surface area contributed by atoms with E-state index in [0.29, 0.717) is 19.3 Å². The van der Waals surface area contributed by atoms with E-state index in [4.69, 9.17) is 23.3 Å².